The van der Waals surface area contributed by atoms with E-state index in [1.165, 1.54) is 11.8 Å². The van der Waals surface area contributed by atoms with Crippen molar-refractivity contribution in [1.29, 1.82) is 5.26 Å². The van der Waals surface area contributed by atoms with Crippen LogP contribution < -0.4 is 10.9 Å². The highest BCUT2D eigenvalue weighted by Gasteiger charge is 2.20. The van der Waals surface area contributed by atoms with Crippen LogP contribution >= 0.6 is 11.8 Å². The summed E-state index contributed by atoms with van der Waals surface area (Å²) in [5.41, 5.74) is 2.12. The highest BCUT2D eigenvalue weighted by Crippen LogP contribution is 2.29. The third-order valence-corrected chi connectivity index (χ3v) is 3.79. The van der Waals surface area contributed by atoms with Crippen LogP contribution in [0.25, 0.3) is 11.3 Å². The Bertz CT molecular complexity index is 851. The van der Waals surface area contributed by atoms with Gasteiger partial charge in [0.25, 0.3) is 5.56 Å². The van der Waals surface area contributed by atoms with E-state index in [-0.39, 0.29) is 11.5 Å². The lowest BCUT2D eigenvalue weighted by Gasteiger charge is -2.07. The van der Waals surface area contributed by atoms with Gasteiger partial charge in [-0.15, -0.1) is 0 Å². The predicted octanol–water partition coefficient (Wildman–Crippen LogP) is 1.53. The molecule has 0 radical (unpaired) electrons. The Hall–Kier alpha value is -2.59. The molecular formula is C14H10N4O2S. The highest BCUT2D eigenvalue weighted by molar-refractivity contribution is 7.98. The number of thioether (sulfide) groups is 1. The lowest BCUT2D eigenvalue weighted by Crippen LogP contribution is -2.14. The Morgan fingerprint density at radius 3 is 2.90 bits per heavy atom. The second-order valence-corrected chi connectivity index (χ2v) is 5.30. The Morgan fingerprint density at radius 1 is 1.38 bits per heavy atom. The van der Waals surface area contributed by atoms with Crippen molar-refractivity contribution >= 4 is 23.4 Å². The van der Waals surface area contributed by atoms with E-state index in [9.17, 15) is 14.9 Å². The summed E-state index contributed by atoms with van der Waals surface area (Å²) in [5, 5.41) is 12.4. The Kier molecular flexibility index (Phi) is 3.23. The molecule has 6 nitrogen and oxygen atoms in total. The summed E-state index contributed by atoms with van der Waals surface area (Å²) < 4.78 is 0. The van der Waals surface area contributed by atoms with E-state index in [1.54, 1.807) is 24.5 Å². The zero-order chi connectivity index (χ0) is 15.0. The second-order valence-electron chi connectivity index (χ2n) is 4.51. The second kappa shape index (κ2) is 5.07. The van der Waals surface area contributed by atoms with Crippen molar-refractivity contribution < 1.29 is 4.79 Å². The molecule has 0 spiro atoms. The van der Waals surface area contributed by atoms with Crippen molar-refractivity contribution in [2.24, 2.45) is 0 Å². The molecule has 2 heterocycles. The molecule has 1 aromatic carbocycles. The highest BCUT2D eigenvalue weighted by atomic mass is 32.2. The fraction of sp³-hybridized carbons (Fsp3) is 0.143. The molecule has 1 amide bonds. The standard InChI is InChI=1S/C14H10N4O2S/c1-21-14-17-12(9(6-15)13(20)18-14)7-2-3-10-8(4-7)5-11(19)16-10/h2-4H,5H2,1H3,(H,16,19)(H,17,18,20). The first-order valence-electron chi connectivity index (χ1n) is 6.14. The van der Waals surface area contributed by atoms with Gasteiger partial charge in [-0.3, -0.25) is 9.59 Å². The van der Waals surface area contributed by atoms with Gasteiger partial charge in [0.2, 0.25) is 5.91 Å². The number of benzene rings is 1. The molecule has 0 fully saturated rings. The molecule has 1 aliphatic rings. The van der Waals surface area contributed by atoms with E-state index in [2.05, 4.69) is 15.3 Å². The molecule has 0 aliphatic carbocycles. The minimum absolute atomic E-state index is 0.0231. The fourth-order valence-electron chi connectivity index (χ4n) is 2.24. The van der Waals surface area contributed by atoms with Gasteiger partial charge in [0, 0.05) is 11.3 Å². The average Bonchev–Trinajstić information content (AvgIpc) is 2.85. The number of aromatic nitrogens is 2. The first-order chi connectivity index (χ1) is 10.1. The molecule has 21 heavy (non-hydrogen) atoms. The van der Waals surface area contributed by atoms with Gasteiger partial charge in [-0.1, -0.05) is 17.8 Å². The van der Waals surface area contributed by atoms with Crippen molar-refractivity contribution in [3.8, 4) is 17.3 Å². The number of hydrogen-bond donors (Lipinski definition) is 2. The number of nitrogens with one attached hydrogen (secondary N) is 2. The van der Waals surface area contributed by atoms with E-state index < -0.39 is 5.56 Å². The quantitative estimate of drug-likeness (QED) is 0.647. The SMILES string of the molecule is CSc1nc(-c2ccc3c(c2)CC(=O)N3)c(C#N)c(=O)[nH]1. The van der Waals surface area contributed by atoms with Crippen LogP contribution in [0.2, 0.25) is 0 Å². The number of aromatic amines is 1. The summed E-state index contributed by atoms with van der Waals surface area (Å²) >= 11 is 1.29. The van der Waals surface area contributed by atoms with E-state index in [0.717, 1.165) is 11.3 Å². The normalized spacial score (nSPS) is 12.7. The molecule has 0 saturated heterocycles. The van der Waals surface area contributed by atoms with Crippen molar-refractivity contribution in [1.82, 2.24) is 9.97 Å². The summed E-state index contributed by atoms with van der Waals surface area (Å²) in [5.74, 6) is -0.0636. The molecular weight excluding hydrogens is 288 g/mol. The van der Waals surface area contributed by atoms with Gasteiger partial charge >= 0.3 is 0 Å². The molecule has 3 rings (SSSR count). The number of nitrogens with zero attached hydrogens (tertiary/aromatic N) is 2. The Morgan fingerprint density at radius 2 is 2.19 bits per heavy atom. The van der Waals surface area contributed by atoms with Crippen molar-refractivity contribution in [2.45, 2.75) is 11.6 Å². The van der Waals surface area contributed by atoms with Gasteiger partial charge in [0.1, 0.15) is 11.6 Å². The maximum absolute atomic E-state index is 11.9. The minimum atomic E-state index is -0.457. The molecule has 0 atom stereocenters. The van der Waals surface area contributed by atoms with Gasteiger partial charge in [-0.2, -0.15) is 5.26 Å². The Labute approximate surface area is 124 Å². The van der Waals surface area contributed by atoms with Gasteiger partial charge < -0.3 is 10.3 Å². The van der Waals surface area contributed by atoms with E-state index in [1.807, 2.05) is 6.07 Å². The van der Waals surface area contributed by atoms with Gasteiger partial charge in [0.05, 0.1) is 12.1 Å². The van der Waals surface area contributed by atoms with Crippen LogP contribution in [0, 0.1) is 11.3 Å². The van der Waals surface area contributed by atoms with Crippen LogP contribution in [0.5, 0.6) is 0 Å². The summed E-state index contributed by atoms with van der Waals surface area (Å²) in [4.78, 5) is 30.2. The molecule has 7 heteroatoms. The molecule has 0 saturated carbocycles. The monoisotopic (exact) mass is 298 g/mol. The van der Waals surface area contributed by atoms with Crippen molar-refractivity contribution in [3.05, 3.63) is 39.7 Å². The predicted molar refractivity (Wildman–Crippen MR) is 79.1 cm³/mol. The summed E-state index contributed by atoms with van der Waals surface area (Å²) in [7, 11) is 0. The number of H-pyrrole nitrogens is 1. The number of hydrogen-bond acceptors (Lipinski definition) is 5. The first-order valence-corrected chi connectivity index (χ1v) is 7.36. The molecule has 0 unspecified atom stereocenters. The minimum Gasteiger partial charge on any atom is -0.326 e. The van der Waals surface area contributed by atoms with Crippen molar-refractivity contribution in [2.75, 3.05) is 11.6 Å². The van der Waals surface area contributed by atoms with Gasteiger partial charge in [0.15, 0.2) is 5.16 Å². The summed E-state index contributed by atoms with van der Waals surface area (Å²) in [6.07, 6.45) is 2.09. The number of fused-ring (bicyclic) bond motifs is 1. The van der Waals surface area contributed by atoms with Crippen LogP contribution in [0.3, 0.4) is 0 Å². The van der Waals surface area contributed by atoms with Crippen LogP contribution in [0.4, 0.5) is 5.69 Å². The third kappa shape index (κ3) is 2.30. The van der Waals surface area contributed by atoms with E-state index in [4.69, 9.17) is 0 Å². The molecule has 2 aromatic rings. The number of carbonyl (C=O) groups is 1. The number of nitriles is 1. The lowest BCUT2D eigenvalue weighted by atomic mass is 10.0. The lowest BCUT2D eigenvalue weighted by molar-refractivity contribution is -0.115. The van der Waals surface area contributed by atoms with Gasteiger partial charge in [-0.25, -0.2) is 4.98 Å². The van der Waals surface area contributed by atoms with E-state index in [0.29, 0.717) is 22.8 Å². The fourth-order valence-corrected chi connectivity index (χ4v) is 2.62. The van der Waals surface area contributed by atoms with Crippen LogP contribution in [0.15, 0.2) is 28.2 Å². The smallest absolute Gasteiger partial charge is 0.270 e. The molecule has 104 valence electrons. The zero-order valence-electron chi connectivity index (χ0n) is 11.1. The van der Waals surface area contributed by atoms with Gasteiger partial charge in [-0.05, 0) is 24.0 Å². The van der Waals surface area contributed by atoms with Crippen LogP contribution in [-0.2, 0) is 11.2 Å². The number of carbonyl (C=O) groups excluding carboxylic acids is 1. The van der Waals surface area contributed by atoms with Crippen LogP contribution in [-0.4, -0.2) is 22.1 Å². The van der Waals surface area contributed by atoms with Crippen LogP contribution in [0.1, 0.15) is 11.1 Å². The Balaban J connectivity index is 2.20. The number of amides is 1. The molecule has 0 bridgehead atoms. The molecule has 1 aromatic heterocycles. The molecule has 1 aliphatic heterocycles. The first kappa shape index (κ1) is 13.4. The zero-order valence-corrected chi connectivity index (χ0v) is 11.9. The average molecular weight is 298 g/mol. The number of rotatable bonds is 2. The summed E-state index contributed by atoms with van der Waals surface area (Å²) in [6, 6.07) is 7.19. The topological polar surface area (TPSA) is 98.6 Å². The maximum atomic E-state index is 11.9. The number of anilines is 1. The largest absolute Gasteiger partial charge is 0.326 e. The third-order valence-electron chi connectivity index (χ3n) is 3.21. The maximum Gasteiger partial charge on any atom is 0.270 e. The van der Waals surface area contributed by atoms with Crippen molar-refractivity contribution in [3.63, 3.8) is 0 Å². The summed E-state index contributed by atoms with van der Waals surface area (Å²) in [6.45, 7) is 0. The van der Waals surface area contributed by atoms with E-state index >= 15 is 0 Å². The molecule has 2 N–H and O–H groups in total.